The predicted octanol–water partition coefficient (Wildman–Crippen LogP) is 3.73. The van der Waals surface area contributed by atoms with E-state index in [1.807, 2.05) is 0 Å². The Hall–Kier alpha value is -3.15. The van der Waals surface area contributed by atoms with Crippen LogP contribution >= 0.6 is 0 Å². The first-order chi connectivity index (χ1) is 12.6. The lowest BCUT2D eigenvalue weighted by Crippen LogP contribution is -2.42. The summed E-state index contributed by atoms with van der Waals surface area (Å²) in [6.45, 7) is 4.04. The lowest BCUT2D eigenvalue weighted by molar-refractivity contribution is -0.132. The molecule has 0 spiro atoms. The molecule has 5 nitrogen and oxygen atoms in total. The zero-order valence-corrected chi connectivity index (χ0v) is 14.2. The number of anilines is 1. The van der Waals surface area contributed by atoms with Gasteiger partial charge in [-0.15, -0.1) is 0 Å². The van der Waals surface area contributed by atoms with Crippen molar-refractivity contribution in [2.45, 2.75) is 18.9 Å². The van der Waals surface area contributed by atoms with Crippen LogP contribution in [0.4, 0.5) is 10.1 Å². The largest absolute Gasteiger partial charge is 0.457 e. The molecule has 0 radical (unpaired) electrons. The van der Waals surface area contributed by atoms with Gasteiger partial charge in [0.15, 0.2) is 0 Å². The highest BCUT2D eigenvalue weighted by Gasteiger charge is 2.32. The van der Waals surface area contributed by atoms with E-state index in [-0.39, 0.29) is 17.6 Å². The summed E-state index contributed by atoms with van der Waals surface area (Å²) in [5.41, 5.74) is 0.611. The van der Waals surface area contributed by atoms with Gasteiger partial charge in [0.05, 0.1) is 0 Å². The van der Waals surface area contributed by atoms with Gasteiger partial charge in [-0.1, -0.05) is 6.58 Å². The second-order valence-corrected chi connectivity index (χ2v) is 5.96. The van der Waals surface area contributed by atoms with Crippen LogP contribution in [0.5, 0.6) is 11.5 Å². The number of likely N-dealkylation sites (tertiary alicyclic amines) is 1. The second kappa shape index (κ2) is 7.82. The number of carbonyl (C=O) groups excluding carboxylic acids is 2. The molecule has 1 N–H and O–H groups in total. The van der Waals surface area contributed by atoms with Gasteiger partial charge in [-0.25, -0.2) is 4.39 Å². The number of nitrogens with zero attached hydrogens (tertiary/aromatic N) is 1. The van der Waals surface area contributed by atoms with Gasteiger partial charge in [0, 0.05) is 12.2 Å². The van der Waals surface area contributed by atoms with Crippen LogP contribution in [0.25, 0.3) is 0 Å². The van der Waals surface area contributed by atoms with Crippen LogP contribution in [0.3, 0.4) is 0 Å². The molecule has 26 heavy (non-hydrogen) atoms. The van der Waals surface area contributed by atoms with Gasteiger partial charge in [0.2, 0.25) is 11.8 Å². The summed E-state index contributed by atoms with van der Waals surface area (Å²) in [5.74, 6) is 0.313. The zero-order chi connectivity index (χ0) is 18.5. The number of ether oxygens (including phenoxy) is 1. The van der Waals surface area contributed by atoms with Crippen LogP contribution in [-0.4, -0.2) is 29.3 Å². The highest BCUT2D eigenvalue weighted by Crippen LogP contribution is 2.24. The molecule has 3 rings (SSSR count). The molecule has 0 aliphatic carbocycles. The molecule has 1 fully saturated rings. The molecule has 1 saturated heterocycles. The summed E-state index contributed by atoms with van der Waals surface area (Å²) in [7, 11) is 0. The Morgan fingerprint density at radius 1 is 1.12 bits per heavy atom. The normalized spacial score (nSPS) is 16.2. The van der Waals surface area contributed by atoms with E-state index in [9.17, 15) is 14.0 Å². The lowest BCUT2D eigenvalue weighted by atomic mass is 10.2. The van der Waals surface area contributed by atoms with E-state index in [0.717, 1.165) is 6.42 Å². The molecule has 0 aromatic heterocycles. The van der Waals surface area contributed by atoms with Crippen molar-refractivity contribution < 1.29 is 18.7 Å². The van der Waals surface area contributed by atoms with Gasteiger partial charge in [-0.3, -0.25) is 9.59 Å². The number of hydrogen-bond donors (Lipinski definition) is 1. The van der Waals surface area contributed by atoms with E-state index in [4.69, 9.17) is 4.74 Å². The Labute approximate surface area is 151 Å². The molecule has 1 heterocycles. The Morgan fingerprint density at radius 3 is 2.35 bits per heavy atom. The first-order valence-corrected chi connectivity index (χ1v) is 8.34. The van der Waals surface area contributed by atoms with Crippen molar-refractivity contribution in [3.05, 3.63) is 67.0 Å². The molecule has 0 bridgehead atoms. The van der Waals surface area contributed by atoms with Gasteiger partial charge in [0.25, 0.3) is 0 Å². The number of nitrogens with one attached hydrogen (secondary N) is 1. The fourth-order valence-corrected chi connectivity index (χ4v) is 2.89. The smallest absolute Gasteiger partial charge is 0.247 e. The monoisotopic (exact) mass is 354 g/mol. The van der Waals surface area contributed by atoms with Crippen LogP contribution in [0.2, 0.25) is 0 Å². The third-order valence-corrected chi connectivity index (χ3v) is 4.18. The average molecular weight is 354 g/mol. The van der Waals surface area contributed by atoms with Crippen LogP contribution in [0.1, 0.15) is 12.8 Å². The summed E-state index contributed by atoms with van der Waals surface area (Å²) < 4.78 is 18.5. The molecule has 2 aromatic rings. The maximum atomic E-state index is 12.9. The fraction of sp³-hybridized carbons (Fsp3) is 0.200. The van der Waals surface area contributed by atoms with E-state index in [1.54, 1.807) is 24.3 Å². The Morgan fingerprint density at radius 2 is 1.73 bits per heavy atom. The van der Waals surface area contributed by atoms with E-state index in [2.05, 4.69) is 11.9 Å². The molecule has 1 aliphatic rings. The van der Waals surface area contributed by atoms with Gasteiger partial charge in [-0.05, 0) is 67.4 Å². The van der Waals surface area contributed by atoms with E-state index >= 15 is 0 Å². The molecule has 0 unspecified atom stereocenters. The van der Waals surface area contributed by atoms with Crippen molar-refractivity contribution in [3.63, 3.8) is 0 Å². The van der Waals surface area contributed by atoms with Crippen molar-refractivity contribution in [3.8, 4) is 11.5 Å². The molecule has 6 heteroatoms. The third-order valence-electron chi connectivity index (χ3n) is 4.18. The lowest BCUT2D eigenvalue weighted by Gasteiger charge is -2.22. The summed E-state index contributed by atoms with van der Waals surface area (Å²) in [4.78, 5) is 25.8. The van der Waals surface area contributed by atoms with Crippen molar-refractivity contribution in [2.24, 2.45) is 0 Å². The minimum Gasteiger partial charge on any atom is -0.457 e. The average Bonchev–Trinajstić information content (AvgIpc) is 3.14. The molecular weight excluding hydrogens is 335 g/mol. The Balaban J connectivity index is 1.61. The van der Waals surface area contributed by atoms with E-state index in [1.165, 1.54) is 35.2 Å². The SMILES string of the molecule is C=CC(=O)N1CCC[C@H]1C(=O)Nc1ccc(Oc2ccc(F)cc2)cc1. The third kappa shape index (κ3) is 4.08. The number of hydrogen-bond acceptors (Lipinski definition) is 3. The summed E-state index contributed by atoms with van der Waals surface area (Å²) in [6, 6.07) is 12.1. The van der Waals surface area contributed by atoms with Gasteiger partial charge in [0.1, 0.15) is 23.4 Å². The Bertz CT molecular complexity index is 803. The quantitative estimate of drug-likeness (QED) is 0.833. The number of carbonyl (C=O) groups is 2. The summed E-state index contributed by atoms with van der Waals surface area (Å²) in [5, 5.41) is 2.82. The first kappa shape index (κ1) is 17.7. The first-order valence-electron chi connectivity index (χ1n) is 8.34. The molecule has 2 aromatic carbocycles. The van der Waals surface area contributed by atoms with Gasteiger partial charge in [-0.2, -0.15) is 0 Å². The highest BCUT2D eigenvalue weighted by molar-refractivity contribution is 5.99. The number of benzene rings is 2. The van der Waals surface area contributed by atoms with Crippen molar-refractivity contribution >= 4 is 17.5 Å². The number of amides is 2. The minimum absolute atomic E-state index is 0.218. The van der Waals surface area contributed by atoms with Crippen LogP contribution in [0.15, 0.2) is 61.2 Å². The van der Waals surface area contributed by atoms with Crippen molar-refractivity contribution in [1.82, 2.24) is 4.90 Å². The van der Waals surface area contributed by atoms with E-state index in [0.29, 0.717) is 30.2 Å². The molecule has 2 amide bonds. The Kier molecular flexibility index (Phi) is 5.31. The highest BCUT2D eigenvalue weighted by atomic mass is 19.1. The molecule has 1 atom stereocenters. The molecule has 1 aliphatic heterocycles. The zero-order valence-electron chi connectivity index (χ0n) is 14.2. The summed E-state index contributed by atoms with van der Waals surface area (Å²) >= 11 is 0. The number of rotatable bonds is 5. The topological polar surface area (TPSA) is 58.6 Å². The fourth-order valence-electron chi connectivity index (χ4n) is 2.89. The maximum Gasteiger partial charge on any atom is 0.247 e. The van der Waals surface area contributed by atoms with Crippen LogP contribution < -0.4 is 10.1 Å². The summed E-state index contributed by atoms with van der Waals surface area (Å²) in [6.07, 6.45) is 2.66. The predicted molar refractivity (Wildman–Crippen MR) is 96.5 cm³/mol. The van der Waals surface area contributed by atoms with Gasteiger partial charge < -0.3 is 15.0 Å². The standard InChI is InChI=1S/C20H19FN2O3/c1-2-19(24)23-13-3-4-18(23)20(25)22-15-7-11-17(12-8-15)26-16-9-5-14(21)6-10-16/h2,5-12,18H,1,3-4,13H2,(H,22,25)/t18-/m0/s1. The van der Waals surface area contributed by atoms with Crippen molar-refractivity contribution in [2.75, 3.05) is 11.9 Å². The minimum atomic E-state index is -0.476. The second-order valence-electron chi connectivity index (χ2n) is 5.96. The molecule has 0 saturated carbocycles. The van der Waals surface area contributed by atoms with Crippen molar-refractivity contribution in [1.29, 1.82) is 0 Å². The molecule has 134 valence electrons. The number of halogens is 1. The van der Waals surface area contributed by atoms with Gasteiger partial charge >= 0.3 is 0 Å². The molecular formula is C20H19FN2O3. The van der Waals surface area contributed by atoms with E-state index < -0.39 is 6.04 Å². The van der Waals surface area contributed by atoms with Crippen LogP contribution in [-0.2, 0) is 9.59 Å². The maximum absolute atomic E-state index is 12.9. The van der Waals surface area contributed by atoms with Crippen LogP contribution in [0, 0.1) is 5.82 Å².